The van der Waals surface area contributed by atoms with Crippen molar-refractivity contribution in [1.29, 1.82) is 0 Å². The van der Waals surface area contributed by atoms with Gasteiger partial charge < -0.3 is 40.6 Å². The minimum Gasteiger partial charge on any atom is -0.545 e. The molecular weight excluding hydrogens is 578 g/mol. The fraction of sp³-hybridized carbons (Fsp3) is 0.0357. The largest absolute Gasteiger partial charge is 1.00 e. The second-order valence-corrected chi connectivity index (χ2v) is 8.51. The van der Waals surface area contributed by atoms with Crippen LogP contribution in [-0.4, -0.2) is 28.2 Å². The van der Waals surface area contributed by atoms with Gasteiger partial charge in [0.2, 0.25) is 0 Å². The Hall–Kier alpha value is -4.11. The Balaban J connectivity index is 0.00000323. The number of urea groups is 1. The van der Waals surface area contributed by atoms with E-state index in [0.717, 1.165) is 12.1 Å². The summed E-state index contributed by atoms with van der Waals surface area (Å²) in [6, 6.07) is 18.6. The van der Waals surface area contributed by atoms with Gasteiger partial charge >= 0.3 is 65.1 Å². The summed E-state index contributed by atoms with van der Waals surface area (Å²) in [4.78, 5) is 34.5. The first-order valence-electron chi connectivity index (χ1n) is 11.8. The van der Waals surface area contributed by atoms with Gasteiger partial charge in [-0.2, -0.15) is 20.5 Å². The van der Waals surface area contributed by atoms with Gasteiger partial charge in [0.05, 0.1) is 34.7 Å². The van der Waals surface area contributed by atoms with E-state index in [9.17, 15) is 34.8 Å². The van der Waals surface area contributed by atoms with E-state index >= 15 is 0 Å². The zero-order valence-electron chi connectivity index (χ0n) is 23.2. The predicted octanol–water partition coefficient (Wildman–Crippen LogP) is -1.38. The summed E-state index contributed by atoms with van der Waals surface area (Å²) in [6.45, 7) is 1.53. The van der Waals surface area contributed by atoms with Gasteiger partial charge in [-0.05, 0) is 91.3 Å². The molecule has 206 valence electrons. The minimum atomic E-state index is -1.54. The molecule has 0 saturated heterocycles. The topological polar surface area (TPSA) is 211 Å². The number of phenols is 2. The van der Waals surface area contributed by atoms with Crippen LogP contribution in [0.15, 0.2) is 99.3 Å². The second kappa shape index (κ2) is 15.9. The van der Waals surface area contributed by atoms with E-state index in [0.29, 0.717) is 28.3 Å². The molecule has 0 bridgehead atoms. The molecule has 0 unspecified atom stereocenters. The third-order valence-electron chi connectivity index (χ3n) is 5.52. The number of rotatable bonds is 8. The first kappa shape index (κ1) is 35.1. The van der Waals surface area contributed by atoms with Gasteiger partial charge in [-0.1, -0.05) is 0 Å². The number of nitrogens with one attached hydrogen (secondary N) is 2. The van der Waals surface area contributed by atoms with Crippen molar-refractivity contribution in [3.05, 3.63) is 95.6 Å². The molecule has 0 aliphatic rings. The molecule has 4 rings (SSSR count). The van der Waals surface area contributed by atoms with E-state index in [1.54, 1.807) is 48.5 Å². The number of carbonyl (C=O) groups excluding carboxylic acids is 3. The van der Waals surface area contributed by atoms with E-state index in [4.69, 9.17) is 0 Å². The molecule has 0 aliphatic carbocycles. The van der Waals surface area contributed by atoms with Crippen molar-refractivity contribution in [3.8, 4) is 11.5 Å². The molecule has 2 amide bonds. The molecule has 0 heterocycles. The van der Waals surface area contributed by atoms with E-state index in [2.05, 4.69) is 31.1 Å². The Morgan fingerprint density at radius 2 is 1.02 bits per heavy atom. The molecule has 0 aromatic heterocycles. The smallest absolute Gasteiger partial charge is 0.545 e. The fourth-order valence-electron chi connectivity index (χ4n) is 3.47. The third kappa shape index (κ3) is 9.71. The number of benzene rings is 4. The Morgan fingerprint density at radius 1 is 0.605 bits per heavy atom. The van der Waals surface area contributed by atoms with Gasteiger partial charge in [-0.3, -0.25) is 0 Å². The number of carboxylic acid groups (broad SMARTS) is 2. The summed E-state index contributed by atoms with van der Waals surface area (Å²) in [5.41, 5.74) is 1.76. The number of anilines is 2. The summed E-state index contributed by atoms with van der Waals surface area (Å²) in [6.07, 6.45) is 0. The summed E-state index contributed by atoms with van der Waals surface area (Å²) < 4.78 is 0. The molecule has 0 saturated carbocycles. The zero-order chi connectivity index (χ0) is 29.5. The van der Waals surface area contributed by atoms with Crippen molar-refractivity contribution < 1.29 is 93.9 Å². The van der Waals surface area contributed by atoms with Gasteiger partial charge in [0.25, 0.3) is 0 Å². The molecule has 4 aromatic rings. The Kier molecular flexibility index (Phi) is 13.0. The summed E-state index contributed by atoms with van der Waals surface area (Å²) in [5.74, 6) is -3.89. The van der Waals surface area contributed by atoms with Crippen LogP contribution >= 0.6 is 0 Å². The number of hydrogen-bond donors (Lipinski definition) is 4. The number of aromatic carboxylic acids is 2. The quantitative estimate of drug-likeness (QED) is 0.141. The van der Waals surface area contributed by atoms with Crippen LogP contribution in [-0.2, 0) is 0 Å². The van der Waals surface area contributed by atoms with Gasteiger partial charge in [0, 0.05) is 22.5 Å². The molecular formula is C28H20N6Na2O7. The number of azo groups is 2. The van der Waals surface area contributed by atoms with Crippen LogP contribution in [0.5, 0.6) is 11.5 Å². The third-order valence-corrected chi connectivity index (χ3v) is 5.52. The first-order valence-corrected chi connectivity index (χ1v) is 11.8. The molecule has 0 fully saturated rings. The van der Waals surface area contributed by atoms with E-state index in [1.165, 1.54) is 25.1 Å². The van der Waals surface area contributed by atoms with Crippen LogP contribution in [0.4, 0.5) is 38.9 Å². The van der Waals surface area contributed by atoms with Gasteiger partial charge in [0.1, 0.15) is 11.5 Å². The van der Waals surface area contributed by atoms with Crippen molar-refractivity contribution in [1.82, 2.24) is 0 Å². The Labute approximate surface area is 289 Å². The monoisotopic (exact) mass is 598 g/mol. The Morgan fingerprint density at radius 3 is 1.51 bits per heavy atom. The molecule has 0 spiro atoms. The number of hydrogen-bond acceptors (Lipinski definition) is 11. The van der Waals surface area contributed by atoms with Crippen LogP contribution < -0.4 is 80.0 Å². The van der Waals surface area contributed by atoms with Crippen molar-refractivity contribution >= 4 is 52.1 Å². The molecule has 0 atom stereocenters. The maximum Gasteiger partial charge on any atom is 1.00 e. The normalized spacial score (nSPS) is 10.5. The summed E-state index contributed by atoms with van der Waals surface area (Å²) in [5, 5.41) is 62.8. The van der Waals surface area contributed by atoms with Gasteiger partial charge in [-0.25, -0.2) is 4.79 Å². The maximum atomic E-state index is 12.4. The number of carboxylic acids is 2. The van der Waals surface area contributed by atoms with Crippen LogP contribution in [0.2, 0.25) is 0 Å². The number of aromatic hydroxyl groups is 2. The van der Waals surface area contributed by atoms with Crippen LogP contribution in [0, 0.1) is 6.92 Å². The summed E-state index contributed by atoms with van der Waals surface area (Å²) in [7, 11) is 0. The molecule has 13 nitrogen and oxygen atoms in total. The van der Waals surface area contributed by atoms with Crippen molar-refractivity contribution in [3.63, 3.8) is 0 Å². The van der Waals surface area contributed by atoms with E-state index in [-0.39, 0.29) is 81.8 Å². The average molecular weight is 598 g/mol. The maximum absolute atomic E-state index is 12.4. The number of nitrogens with zero attached hydrogens (tertiary/aromatic N) is 4. The molecule has 4 N–H and O–H groups in total. The number of aryl methyl sites for hydroxylation is 1. The van der Waals surface area contributed by atoms with Crippen LogP contribution in [0.1, 0.15) is 26.3 Å². The van der Waals surface area contributed by atoms with Crippen LogP contribution in [0.3, 0.4) is 0 Å². The molecule has 15 heteroatoms. The first-order chi connectivity index (χ1) is 19.6. The van der Waals surface area contributed by atoms with Crippen LogP contribution in [0.25, 0.3) is 0 Å². The minimum absolute atomic E-state index is 0. The van der Waals surface area contributed by atoms with Gasteiger partial charge in [0.15, 0.2) is 0 Å². The Bertz CT molecular complexity index is 1700. The molecule has 4 aromatic carbocycles. The second-order valence-electron chi connectivity index (χ2n) is 8.51. The molecule has 0 radical (unpaired) electrons. The molecule has 43 heavy (non-hydrogen) atoms. The van der Waals surface area contributed by atoms with Crippen molar-refractivity contribution in [2.24, 2.45) is 20.5 Å². The van der Waals surface area contributed by atoms with Crippen molar-refractivity contribution in [2.45, 2.75) is 6.92 Å². The van der Waals surface area contributed by atoms with Crippen molar-refractivity contribution in [2.75, 3.05) is 10.6 Å². The number of carbonyl (C=O) groups is 3. The standard InChI is InChI=1S/C28H22N6O7.2Na/c1-15-12-21(14-23(25(15)36)27(39)40)34-32-19-8-4-17(5-9-19)30-28(41)29-16-2-6-18(7-3-16)31-33-20-10-11-24(35)22(13-20)26(37)38;;/h2-14,35-36H,1H3,(H,37,38)(H,39,40)(H2,29,30,41);;/q;2*+1/p-2. The molecule has 0 aliphatic heterocycles. The van der Waals surface area contributed by atoms with E-state index in [1.807, 2.05) is 0 Å². The van der Waals surface area contributed by atoms with E-state index < -0.39 is 29.3 Å². The predicted molar refractivity (Wildman–Crippen MR) is 143 cm³/mol. The number of amides is 2. The average Bonchev–Trinajstić information content (AvgIpc) is 2.94. The fourth-order valence-corrected chi connectivity index (χ4v) is 3.47. The summed E-state index contributed by atoms with van der Waals surface area (Å²) >= 11 is 0. The SMILES string of the molecule is Cc1cc(N=Nc2ccc(NC(=O)Nc3ccc(N=Nc4ccc(O)c(C(=O)[O-])c4)cc3)cc2)cc(C(=O)[O-])c1O.[Na+].[Na+]. The zero-order valence-corrected chi connectivity index (χ0v) is 27.2. The van der Waals surface area contributed by atoms with Gasteiger partial charge in [-0.15, -0.1) is 0 Å².